The lowest BCUT2D eigenvalue weighted by molar-refractivity contribution is -0.140. The number of halogens is 1. The molecule has 1 fully saturated rings. The van der Waals surface area contributed by atoms with E-state index in [4.69, 9.17) is 0 Å². The van der Waals surface area contributed by atoms with Crippen LogP contribution >= 0.6 is 0 Å². The topological polar surface area (TPSA) is 121 Å². The second kappa shape index (κ2) is 9.90. The summed E-state index contributed by atoms with van der Waals surface area (Å²) in [5, 5.41) is 2.50. The Hall–Kier alpha value is -3.95. The summed E-state index contributed by atoms with van der Waals surface area (Å²) in [4.78, 5) is 53.7. The third-order valence-electron chi connectivity index (χ3n) is 5.83. The molecule has 4 rings (SSSR count). The molecule has 2 amide bonds. The zero-order chi connectivity index (χ0) is 24.2. The van der Waals surface area contributed by atoms with Gasteiger partial charge in [-0.05, 0) is 30.9 Å². The summed E-state index contributed by atoms with van der Waals surface area (Å²) in [5.74, 6) is -0.562. The smallest absolute Gasteiger partial charge is 0.284 e. The second-order valence-corrected chi connectivity index (χ2v) is 8.53. The summed E-state index contributed by atoms with van der Waals surface area (Å²) in [5.41, 5.74) is 1.97. The van der Waals surface area contributed by atoms with Crippen LogP contribution in [0.1, 0.15) is 38.6 Å². The molecule has 0 spiro atoms. The Morgan fingerprint density at radius 2 is 1.94 bits per heavy atom. The van der Waals surface area contributed by atoms with Crippen LogP contribution in [0.3, 0.4) is 0 Å². The number of aromatic nitrogens is 4. The van der Waals surface area contributed by atoms with Gasteiger partial charge in [0.1, 0.15) is 17.7 Å². The summed E-state index contributed by atoms with van der Waals surface area (Å²) >= 11 is 0. The first-order valence-electron chi connectivity index (χ1n) is 11.1. The first-order valence-corrected chi connectivity index (χ1v) is 11.1. The van der Waals surface area contributed by atoms with E-state index < -0.39 is 11.9 Å². The van der Waals surface area contributed by atoms with Gasteiger partial charge in [-0.2, -0.15) is 0 Å². The zero-order valence-electron chi connectivity index (χ0n) is 18.9. The molecule has 0 radical (unpaired) electrons. The molecule has 2 aromatic heterocycles. The summed E-state index contributed by atoms with van der Waals surface area (Å²) in [6, 6.07) is 5.00. The van der Waals surface area contributed by atoms with Crippen molar-refractivity contribution in [3.8, 4) is 22.6 Å². The quantitative estimate of drug-likeness (QED) is 0.410. The van der Waals surface area contributed by atoms with E-state index in [1.165, 1.54) is 12.1 Å². The predicted octanol–water partition coefficient (Wildman–Crippen LogP) is 2.68. The van der Waals surface area contributed by atoms with Gasteiger partial charge < -0.3 is 15.2 Å². The van der Waals surface area contributed by atoms with Gasteiger partial charge in [0.15, 0.2) is 5.82 Å². The Morgan fingerprint density at radius 3 is 2.62 bits per heavy atom. The third kappa shape index (κ3) is 4.85. The number of nitrogens with one attached hydrogen (secondary N) is 2. The minimum Gasteiger partial charge on any atom is -0.340 e. The van der Waals surface area contributed by atoms with Gasteiger partial charge in [0, 0.05) is 30.1 Å². The average molecular weight is 465 g/mol. The van der Waals surface area contributed by atoms with Crippen LogP contribution in [0.25, 0.3) is 22.6 Å². The lowest BCUT2D eigenvalue weighted by Gasteiger charge is -2.29. The van der Waals surface area contributed by atoms with E-state index in [0.717, 1.165) is 12.8 Å². The number of aromatic amines is 1. The van der Waals surface area contributed by atoms with Crippen LogP contribution < -0.4 is 5.32 Å². The van der Waals surface area contributed by atoms with E-state index in [2.05, 4.69) is 25.3 Å². The molecule has 1 unspecified atom stereocenters. The summed E-state index contributed by atoms with van der Waals surface area (Å²) < 4.78 is 13.5. The number of hydrogen-bond acceptors (Lipinski definition) is 6. The third-order valence-corrected chi connectivity index (χ3v) is 5.83. The van der Waals surface area contributed by atoms with Gasteiger partial charge in [0.25, 0.3) is 5.91 Å². The standard InChI is InChI=1S/C24H25FN6O3/c1-14(2)21(30-20(33)13-32)24(34)31-8-4-7-19(31)23-28-12-18(29-23)16-10-26-22(27-11-16)15-5-3-6-17(25)9-15/h3,5-6,9-14,19,21H,4,7-8H2,1-2H3,(H,28,29)(H,30,33)/t19?,21-/m0/s1. The molecule has 1 saturated heterocycles. The van der Waals surface area contributed by atoms with Crippen LogP contribution in [0.4, 0.5) is 4.39 Å². The highest BCUT2D eigenvalue weighted by molar-refractivity contribution is 6.24. The molecule has 3 heterocycles. The normalized spacial score (nSPS) is 16.5. The molecular formula is C24H25FN6O3. The molecular weight excluding hydrogens is 439 g/mol. The van der Waals surface area contributed by atoms with E-state index in [-0.39, 0.29) is 30.0 Å². The Balaban J connectivity index is 1.52. The summed E-state index contributed by atoms with van der Waals surface area (Å²) in [6.45, 7) is 4.17. The van der Waals surface area contributed by atoms with Crippen LogP contribution in [-0.4, -0.2) is 55.5 Å². The van der Waals surface area contributed by atoms with Gasteiger partial charge >= 0.3 is 0 Å². The molecule has 1 aromatic carbocycles. The molecule has 1 aliphatic rings. The van der Waals surface area contributed by atoms with Gasteiger partial charge in [-0.25, -0.2) is 19.3 Å². The highest BCUT2D eigenvalue weighted by atomic mass is 19.1. The molecule has 9 nitrogen and oxygen atoms in total. The minimum atomic E-state index is -0.815. The molecule has 10 heteroatoms. The largest absolute Gasteiger partial charge is 0.340 e. The number of likely N-dealkylation sites (tertiary alicyclic amines) is 1. The fraction of sp³-hybridized carbons (Fsp3) is 0.333. The van der Waals surface area contributed by atoms with Crippen molar-refractivity contribution in [2.45, 2.75) is 38.8 Å². The number of hydrogen-bond donors (Lipinski definition) is 2. The number of imidazole rings is 1. The van der Waals surface area contributed by atoms with Crippen molar-refractivity contribution in [2.24, 2.45) is 5.92 Å². The summed E-state index contributed by atoms with van der Waals surface area (Å²) in [7, 11) is 0. The van der Waals surface area contributed by atoms with Crippen molar-refractivity contribution in [1.82, 2.24) is 30.2 Å². The average Bonchev–Trinajstić information content (AvgIpc) is 3.51. The molecule has 2 N–H and O–H groups in total. The van der Waals surface area contributed by atoms with E-state index in [0.29, 0.717) is 35.0 Å². The highest BCUT2D eigenvalue weighted by Gasteiger charge is 2.37. The van der Waals surface area contributed by atoms with E-state index >= 15 is 0 Å². The number of benzene rings is 1. The Morgan fingerprint density at radius 1 is 1.18 bits per heavy atom. The van der Waals surface area contributed by atoms with E-state index in [9.17, 15) is 18.8 Å². The molecule has 0 saturated carbocycles. The molecule has 1 aliphatic heterocycles. The Labute approximate surface area is 195 Å². The van der Waals surface area contributed by atoms with Crippen LogP contribution in [0.5, 0.6) is 0 Å². The van der Waals surface area contributed by atoms with Gasteiger partial charge in [0.05, 0.1) is 17.9 Å². The van der Waals surface area contributed by atoms with Crippen LogP contribution in [0.2, 0.25) is 0 Å². The maximum absolute atomic E-state index is 13.5. The van der Waals surface area contributed by atoms with Crippen molar-refractivity contribution in [2.75, 3.05) is 6.54 Å². The number of carbonyl (C=O) groups is 3. The number of carbonyl (C=O) groups excluding carboxylic acids is 3. The Kier molecular flexibility index (Phi) is 6.76. The van der Waals surface area contributed by atoms with Gasteiger partial charge in [0.2, 0.25) is 12.2 Å². The van der Waals surface area contributed by atoms with Gasteiger partial charge in [-0.1, -0.05) is 26.0 Å². The highest BCUT2D eigenvalue weighted by Crippen LogP contribution is 2.32. The molecule has 3 aromatic rings. The van der Waals surface area contributed by atoms with Gasteiger partial charge in [-0.15, -0.1) is 0 Å². The molecule has 0 aliphatic carbocycles. The molecule has 0 bridgehead atoms. The number of H-pyrrole nitrogens is 1. The van der Waals surface area contributed by atoms with Gasteiger partial charge in [-0.3, -0.25) is 14.4 Å². The number of amides is 2. The zero-order valence-corrected chi connectivity index (χ0v) is 18.9. The summed E-state index contributed by atoms with van der Waals surface area (Å²) in [6.07, 6.45) is 6.61. The molecule has 2 atom stereocenters. The van der Waals surface area contributed by atoms with Crippen molar-refractivity contribution in [3.05, 3.63) is 54.5 Å². The second-order valence-electron chi connectivity index (χ2n) is 8.53. The van der Waals surface area contributed by atoms with Crippen molar-refractivity contribution >= 4 is 18.1 Å². The van der Waals surface area contributed by atoms with Crippen LogP contribution in [0, 0.1) is 11.7 Å². The lowest BCUT2D eigenvalue weighted by atomic mass is 10.0. The van der Waals surface area contributed by atoms with Crippen molar-refractivity contribution < 1.29 is 18.8 Å². The van der Waals surface area contributed by atoms with Crippen molar-refractivity contribution in [1.29, 1.82) is 0 Å². The number of nitrogens with zero attached hydrogens (tertiary/aromatic N) is 4. The van der Waals surface area contributed by atoms with E-state index in [1.807, 2.05) is 13.8 Å². The first-order chi connectivity index (χ1) is 16.4. The maximum Gasteiger partial charge on any atom is 0.284 e. The minimum absolute atomic E-state index is 0.171. The molecule has 176 valence electrons. The first kappa shape index (κ1) is 23.2. The lowest BCUT2D eigenvalue weighted by Crippen LogP contribution is -2.51. The predicted molar refractivity (Wildman–Crippen MR) is 122 cm³/mol. The Bertz CT molecular complexity index is 1190. The maximum atomic E-state index is 13.5. The van der Waals surface area contributed by atoms with Crippen LogP contribution in [-0.2, 0) is 14.4 Å². The fourth-order valence-corrected chi connectivity index (χ4v) is 4.09. The van der Waals surface area contributed by atoms with Crippen molar-refractivity contribution in [3.63, 3.8) is 0 Å². The SMILES string of the molecule is CC(C)[C@H](NC(=O)C=O)C(=O)N1CCCC1c1ncc(-c2cnc(-c3cccc(F)c3)nc2)[nH]1. The van der Waals surface area contributed by atoms with Crippen LogP contribution in [0.15, 0.2) is 42.9 Å². The monoisotopic (exact) mass is 464 g/mol. The molecule has 34 heavy (non-hydrogen) atoms. The number of rotatable bonds is 7. The fourth-order valence-electron chi connectivity index (χ4n) is 4.09. The van der Waals surface area contributed by atoms with E-state index in [1.54, 1.807) is 35.6 Å². The number of aldehydes is 1.